The van der Waals surface area contributed by atoms with Crippen molar-refractivity contribution in [2.75, 3.05) is 0 Å². The number of hydrogen-bond donors (Lipinski definition) is 1. The van der Waals surface area contributed by atoms with Gasteiger partial charge in [-0.2, -0.15) is 0 Å². The van der Waals surface area contributed by atoms with E-state index in [4.69, 9.17) is 14.2 Å². The van der Waals surface area contributed by atoms with Crippen molar-refractivity contribution in [3.63, 3.8) is 0 Å². The number of aromatic hydroxyl groups is 1. The SMILES string of the molecule is Oc1c(COCc2cc(OCc3ccccc3)cc(OCc3ccccc3)c2)cc2ccccc2c1-c1c(P(c2ccccc2)c2ccccc2)ccc2ccccc12. The van der Waals surface area contributed by atoms with E-state index in [0.717, 1.165) is 54.9 Å². The summed E-state index contributed by atoms with van der Waals surface area (Å²) >= 11 is 0. The smallest absolute Gasteiger partial charge is 0.129 e. The minimum Gasteiger partial charge on any atom is -0.507 e. The van der Waals surface area contributed by atoms with Crippen LogP contribution in [0.2, 0.25) is 0 Å². The van der Waals surface area contributed by atoms with Crippen LogP contribution >= 0.6 is 7.92 Å². The van der Waals surface area contributed by atoms with E-state index in [2.05, 4.69) is 146 Å². The van der Waals surface area contributed by atoms with Crippen LogP contribution in [-0.4, -0.2) is 5.11 Å². The molecule has 0 heterocycles. The van der Waals surface area contributed by atoms with Crippen molar-refractivity contribution in [3.8, 4) is 28.4 Å². The van der Waals surface area contributed by atoms with E-state index in [9.17, 15) is 5.11 Å². The lowest BCUT2D eigenvalue weighted by Gasteiger charge is -2.25. The maximum atomic E-state index is 12.6. The first-order valence-corrected chi connectivity index (χ1v) is 21.2. The minimum absolute atomic E-state index is 0.200. The zero-order valence-corrected chi connectivity index (χ0v) is 33.5. The summed E-state index contributed by atoms with van der Waals surface area (Å²) in [5.74, 6) is 1.63. The molecule has 0 fully saturated rings. The van der Waals surface area contributed by atoms with Crippen molar-refractivity contribution < 1.29 is 19.3 Å². The number of rotatable bonds is 14. The van der Waals surface area contributed by atoms with Crippen molar-refractivity contribution in [2.24, 2.45) is 0 Å². The summed E-state index contributed by atoms with van der Waals surface area (Å²) < 4.78 is 19.1. The van der Waals surface area contributed by atoms with Crippen LogP contribution in [0.25, 0.3) is 32.7 Å². The van der Waals surface area contributed by atoms with Crippen LogP contribution in [0.5, 0.6) is 17.2 Å². The molecule has 0 spiro atoms. The zero-order chi connectivity index (χ0) is 39.8. The molecule has 288 valence electrons. The summed E-state index contributed by atoms with van der Waals surface area (Å²) in [5, 5.41) is 20.5. The molecule has 0 saturated heterocycles. The molecule has 59 heavy (non-hydrogen) atoms. The van der Waals surface area contributed by atoms with E-state index in [1.807, 2.05) is 60.7 Å². The number of ether oxygens (including phenoxy) is 3. The Bertz CT molecular complexity index is 2710. The van der Waals surface area contributed by atoms with Crippen molar-refractivity contribution in [2.45, 2.75) is 26.4 Å². The Morgan fingerprint density at radius 2 is 0.881 bits per heavy atom. The minimum atomic E-state index is -0.991. The second-order valence-corrected chi connectivity index (χ2v) is 16.7. The fourth-order valence-electron chi connectivity index (χ4n) is 7.69. The second-order valence-electron chi connectivity index (χ2n) is 14.5. The van der Waals surface area contributed by atoms with Crippen molar-refractivity contribution in [3.05, 3.63) is 229 Å². The highest BCUT2D eigenvalue weighted by Gasteiger charge is 2.26. The van der Waals surface area contributed by atoms with Gasteiger partial charge >= 0.3 is 0 Å². The molecule has 9 rings (SSSR count). The van der Waals surface area contributed by atoms with Gasteiger partial charge in [-0.25, -0.2) is 0 Å². The third kappa shape index (κ3) is 8.61. The highest BCUT2D eigenvalue weighted by atomic mass is 31.1. The van der Waals surface area contributed by atoms with Gasteiger partial charge in [0.1, 0.15) is 30.5 Å². The Morgan fingerprint density at radius 1 is 0.390 bits per heavy atom. The molecule has 0 bridgehead atoms. The fraction of sp³-hybridized carbons (Fsp3) is 0.0741. The van der Waals surface area contributed by atoms with Gasteiger partial charge in [0.25, 0.3) is 0 Å². The summed E-state index contributed by atoms with van der Waals surface area (Å²) in [6.07, 6.45) is 0. The molecular weight excluding hydrogens is 744 g/mol. The van der Waals surface area contributed by atoms with Crippen LogP contribution in [0.4, 0.5) is 0 Å². The standard InChI is InChI=1S/C54H43O4P/c55-54-44(38-56-35-41-31-45(57-36-39-17-5-1-6-18-39)34-46(32-41)58-37-40-19-7-2-8-20-40)33-43-22-14-16-28-50(43)53(54)52-49-27-15-13-21-42(49)29-30-51(52)59(47-23-9-3-10-24-47)48-25-11-4-12-26-48/h1-34,55H,35-38H2. The quantitative estimate of drug-likeness (QED) is 0.112. The monoisotopic (exact) mass is 786 g/mol. The summed E-state index contributed by atoms with van der Waals surface area (Å²) in [4.78, 5) is 0. The summed E-state index contributed by atoms with van der Waals surface area (Å²) in [6.45, 7) is 1.36. The molecule has 0 saturated carbocycles. The lowest BCUT2D eigenvalue weighted by Crippen LogP contribution is -2.22. The highest BCUT2D eigenvalue weighted by Crippen LogP contribution is 2.46. The van der Waals surface area contributed by atoms with Crippen LogP contribution in [0, 0.1) is 0 Å². The molecular formula is C54H43O4P. The Labute approximate surface area is 346 Å². The van der Waals surface area contributed by atoms with Crippen LogP contribution in [0.15, 0.2) is 206 Å². The number of hydrogen-bond acceptors (Lipinski definition) is 4. The van der Waals surface area contributed by atoms with Crippen LogP contribution in [0.1, 0.15) is 22.3 Å². The maximum Gasteiger partial charge on any atom is 0.129 e. The van der Waals surface area contributed by atoms with Gasteiger partial charge < -0.3 is 19.3 Å². The lowest BCUT2D eigenvalue weighted by molar-refractivity contribution is 0.105. The molecule has 0 amide bonds. The van der Waals surface area contributed by atoms with Crippen LogP contribution in [-0.2, 0) is 31.2 Å². The lowest BCUT2D eigenvalue weighted by atomic mass is 9.91. The molecule has 0 aromatic heterocycles. The average molecular weight is 787 g/mol. The molecule has 1 N–H and O–H groups in total. The first kappa shape index (κ1) is 37.8. The molecule has 4 nitrogen and oxygen atoms in total. The number of phenolic OH excluding ortho intramolecular Hbond substituents is 1. The van der Waals surface area contributed by atoms with Crippen molar-refractivity contribution >= 4 is 45.4 Å². The molecule has 5 heteroatoms. The van der Waals surface area contributed by atoms with Gasteiger partial charge in [0.15, 0.2) is 0 Å². The van der Waals surface area contributed by atoms with Gasteiger partial charge in [-0.15, -0.1) is 0 Å². The van der Waals surface area contributed by atoms with E-state index in [1.165, 1.54) is 15.9 Å². The zero-order valence-electron chi connectivity index (χ0n) is 32.6. The van der Waals surface area contributed by atoms with E-state index in [0.29, 0.717) is 31.3 Å². The third-order valence-corrected chi connectivity index (χ3v) is 13.0. The molecule has 9 aromatic carbocycles. The predicted octanol–water partition coefficient (Wildman–Crippen LogP) is 12.0. The van der Waals surface area contributed by atoms with Gasteiger partial charge in [0.05, 0.1) is 13.2 Å². The molecule has 9 aromatic rings. The molecule has 0 aliphatic heterocycles. The number of fused-ring (bicyclic) bond motifs is 2. The molecule has 0 atom stereocenters. The van der Waals surface area contributed by atoms with Gasteiger partial charge in [-0.1, -0.05) is 182 Å². The van der Waals surface area contributed by atoms with Gasteiger partial charge in [-0.3, -0.25) is 0 Å². The first-order chi connectivity index (χ1) is 29.2. The molecule has 0 unspecified atom stereocenters. The van der Waals surface area contributed by atoms with Gasteiger partial charge in [0.2, 0.25) is 0 Å². The second kappa shape index (κ2) is 17.8. The van der Waals surface area contributed by atoms with E-state index < -0.39 is 7.92 Å². The van der Waals surface area contributed by atoms with E-state index in [1.54, 1.807) is 0 Å². The third-order valence-electron chi connectivity index (χ3n) is 10.5. The van der Waals surface area contributed by atoms with Crippen LogP contribution < -0.4 is 25.4 Å². The summed E-state index contributed by atoms with van der Waals surface area (Å²) in [6, 6.07) is 71.0. The largest absolute Gasteiger partial charge is 0.507 e. The predicted molar refractivity (Wildman–Crippen MR) is 244 cm³/mol. The fourth-order valence-corrected chi connectivity index (χ4v) is 10.2. The Morgan fingerprint density at radius 3 is 1.46 bits per heavy atom. The Hall–Kier alpha value is -6.71. The first-order valence-electron chi connectivity index (χ1n) is 19.9. The van der Waals surface area contributed by atoms with E-state index >= 15 is 0 Å². The Balaban J connectivity index is 1.09. The van der Waals surface area contributed by atoms with Crippen molar-refractivity contribution in [1.82, 2.24) is 0 Å². The molecule has 0 aliphatic rings. The number of phenols is 1. The Kier molecular flexibility index (Phi) is 11.4. The van der Waals surface area contributed by atoms with Gasteiger partial charge in [-0.05, 0) is 80.3 Å². The van der Waals surface area contributed by atoms with Crippen molar-refractivity contribution in [1.29, 1.82) is 0 Å². The molecule has 0 aliphatic carbocycles. The van der Waals surface area contributed by atoms with Gasteiger partial charge in [0, 0.05) is 22.8 Å². The topological polar surface area (TPSA) is 47.9 Å². The number of benzene rings is 9. The molecule has 0 radical (unpaired) electrons. The van der Waals surface area contributed by atoms with E-state index in [-0.39, 0.29) is 12.4 Å². The normalized spacial score (nSPS) is 11.3. The average Bonchev–Trinajstić information content (AvgIpc) is 3.29. The van der Waals surface area contributed by atoms with Crippen LogP contribution in [0.3, 0.4) is 0 Å². The summed E-state index contributed by atoms with van der Waals surface area (Å²) in [7, 11) is -0.991. The highest BCUT2D eigenvalue weighted by molar-refractivity contribution is 7.80. The summed E-state index contributed by atoms with van der Waals surface area (Å²) in [5.41, 5.74) is 5.66. The maximum absolute atomic E-state index is 12.6.